The third kappa shape index (κ3) is 6.25. The van der Waals surface area contributed by atoms with Gasteiger partial charge in [0.05, 0.1) is 11.4 Å². The quantitative estimate of drug-likeness (QED) is 0.706. The van der Waals surface area contributed by atoms with Crippen molar-refractivity contribution in [2.24, 2.45) is 0 Å². The molecule has 1 aliphatic rings. The summed E-state index contributed by atoms with van der Waals surface area (Å²) in [6.45, 7) is 3.01. The van der Waals surface area contributed by atoms with Crippen molar-refractivity contribution in [1.82, 2.24) is 10.2 Å². The fraction of sp³-hybridized carbons (Fsp3) is 0.550. The van der Waals surface area contributed by atoms with Crippen LogP contribution in [-0.4, -0.2) is 45.6 Å². The van der Waals surface area contributed by atoms with Crippen molar-refractivity contribution in [2.75, 3.05) is 26.4 Å². The Morgan fingerprint density at radius 1 is 1.23 bits per heavy atom. The molecule has 0 aliphatic heterocycles. The van der Waals surface area contributed by atoms with Gasteiger partial charge in [-0.25, -0.2) is 8.42 Å². The van der Waals surface area contributed by atoms with E-state index in [-0.39, 0.29) is 11.9 Å². The van der Waals surface area contributed by atoms with Gasteiger partial charge in [-0.2, -0.15) is 0 Å². The van der Waals surface area contributed by atoms with Gasteiger partial charge in [0.15, 0.2) is 9.84 Å². The lowest BCUT2D eigenvalue weighted by molar-refractivity contribution is -0.122. The molecule has 1 aliphatic carbocycles. The van der Waals surface area contributed by atoms with E-state index in [0.29, 0.717) is 18.0 Å². The largest absolute Gasteiger partial charge is 0.355 e. The first-order valence-electron chi connectivity index (χ1n) is 9.22. The van der Waals surface area contributed by atoms with Crippen molar-refractivity contribution in [3.63, 3.8) is 0 Å². The third-order valence-corrected chi connectivity index (χ3v) is 6.13. The fourth-order valence-corrected chi connectivity index (χ4v) is 3.79. The molecule has 1 N–H and O–H groups in total. The van der Waals surface area contributed by atoms with Crippen molar-refractivity contribution < 1.29 is 13.2 Å². The van der Waals surface area contributed by atoms with Gasteiger partial charge in [0.1, 0.15) is 0 Å². The highest BCUT2D eigenvalue weighted by Gasteiger charge is 2.16. The summed E-state index contributed by atoms with van der Waals surface area (Å²) in [4.78, 5) is 14.4. The number of carbonyl (C=O) groups excluding carboxylic acids is 1. The van der Waals surface area contributed by atoms with Gasteiger partial charge in [-0.05, 0) is 63.8 Å². The van der Waals surface area contributed by atoms with Gasteiger partial charge in [-0.1, -0.05) is 23.8 Å². The Labute approximate surface area is 157 Å². The average Bonchev–Trinajstić information content (AvgIpc) is 2.61. The highest BCUT2D eigenvalue weighted by molar-refractivity contribution is 7.90. The molecule has 6 heteroatoms. The van der Waals surface area contributed by atoms with Crippen LogP contribution < -0.4 is 5.32 Å². The molecule has 26 heavy (non-hydrogen) atoms. The Morgan fingerprint density at radius 2 is 1.92 bits per heavy atom. The second-order valence-electron chi connectivity index (χ2n) is 7.14. The summed E-state index contributed by atoms with van der Waals surface area (Å²) in [7, 11) is -1.29. The summed E-state index contributed by atoms with van der Waals surface area (Å²) in [5.74, 6) is 0.0171. The number of carbonyl (C=O) groups is 1. The topological polar surface area (TPSA) is 66.5 Å². The van der Waals surface area contributed by atoms with Gasteiger partial charge in [-0.3, -0.25) is 9.69 Å². The summed E-state index contributed by atoms with van der Waals surface area (Å²) in [6.07, 6.45) is 9.33. The number of benzene rings is 1. The van der Waals surface area contributed by atoms with Crippen LogP contribution in [0.25, 0.3) is 0 Å². The molecule has 0 saturated carbocycles. The number of amides is 1. The molecular weight excluding hydrogens is 348 g/mol. The summed E-state index contributed by atoms with van der Waals surface area (Å²) in [5, 5.41) is 3.00. The lowest BCUT2D eigenvalue weighted by Crippen LogP contribution is -2.36. The summed E-state index contributed by atoms with van der Waals surface area (Å²) < 4.78 is 23.1. The first-order valence-corrected chi connectivity index (χ1v) is 11.1. The Hall–Kier alpha value is -1.66. The minimum absolute atomic E-state index is 0.0171. The van der Waals surface area contributed by atoms with Crippen LogP contribution >= 0.6 is 0 Å². The Bertz CT molecular complexity index is 739. The molecule has 0 heterocycles. The molecule has 1 aromatic rings. The first kappa shape index (κ1) is 20.6. The number of sulfone groups is 1. The van der Waals surface area contributed by atoms with E-state index in [1.165, 1.54) is 31.1 Å². The van der Waals surface area contributed by atoms with Gasteiger partial charge in [0.25, 0.3) is 0 Å². The highest BCUT2D eigenvalue weighted by atomic mass is 32.2. The maximum Gasteiger partial charge on any atom is 0.234 e. The zero-order valence-electron chi connectivity index (χ0n) is 16.0. The predicted octanol–water partition coefficient (Wildman–Crippen LogP) is 3.09. The maximum atomic E-state index is 12.2. The zero-order chi connectivity index (χ0) is 19.2. The molecule has 5 nitrogen and oxygen atoms in total. The van der Waals surface area contributed by atoms with E-state index in [0.717, 1.165) is 18.4 Å². The number of hydrogen-bond donors (Lipinski definition) is 1. The van der Waals surface area contributed by atoms with Gasteiger partial charge in [-0.15, -0.1) is 0 Å². The van der Waals surface area contributed by atoms with Crippen LogP contribution in [0.1, 0.15) is 50.6 Å². The number of rotatable bonds is 8. The van der Waals surface area contributed by atoms with Crippen molar-refractivity contribution in [1.29, 1.82) is 0 Å². The molecule has 1 unspecified atom stereocenters. The molecular formula is C20H30N2O3S. The van der Waals surface area contributed by atoms with E-state index < -0.39 is 9.84 Å². The molecule has 0 radical (unpaired) electrons. The van der Waals surface area contributed by atoms with Gasteiger partial charge in [0.2, 0.25) is 5.91 Å². The summed E-state index contributed by atoms with van der Waals surface area (Å²) in [5.41, 5.74) is 2.45. The van der Waals surface area contributed by atoms with E-state index in [1.807, 2.05) is 31.0 Å². The highest BCUT2D eigenvalue weighted by Crippen LogP contribution is 2.21. The van der Waals surface area contributed by atoms with Crippen molar-refractivity contribution >= 4 is 15.7 Å². The van der Waals surface area contributed by atoms with E-state index in [1.54, 1.807) is 12.1 Å². The first-order chi connectivity index (χ1) is 12.3. The minimum Gasteiger partial charge on any atom is -0.355 e. The zero-order valence-corrected chi connectivity index (χ0v) is 16.8. The minimum atomic E-state index is -3.19. The number of nitrogens with one attached hydrogen (secondary N) is 1. The van der Waals surface area contributed by atoms with Crippen molar-refractivity contribution in [3.8, 4) is 0 Å². The number of nitrogens with zero attached hydrogens (tertiary/aromatic N) is 1. The normalized spacial score (nSPS) is 16.2. The van der Waals surface area contributed by atoms with E-state index in [4.69, 9.17) is 0 Å². The molecule has 2 rings (SSSR count). The van der Waals surface area contributed by atoms with Gasteiger partial charge >= 0.3 is 0 Å². The van der Waals surface area contributed by atoms with Gasteiger partial charge < -0.3 is 5.32 Å². The maximum absolute atomic E-state index is 12.2. The second kappa shape index (κ2) is 9.33. The fourth-order valence-electron chi connectivity index (χ4n) is 3.16. The van der Waals surface area contributed by atoms with Crippen LogP contribution in [0.5, 0.6) is 0 Å². The smallest absolute Gasteiger partial charge is 0.234 e. The number of likely N-dealkylation sites (N-methyl/N-ethyl adjacent to an activating group) is 1. The lowest BCUT2D eigenvalue weighted by atomic mass is 9.97. The molecule has 1 atom stereocenters. The van der Waals surface area contributed by atoms with Crippen LogP contribution in [0, 0.1) is 0 Å². The van der Waals surface area contributed by atoms with Crippen LogP contribution in [0.3, 0.4) is 0 Å². The third-order valence-electron chi connectivity index (χ3n) is 5.00. The molecule has 144 valence electrons. The molecule has 1 amide bonds. The molecule has 0 fully saturated rings. The monoisotopic (exact) mass is 378 g/mol. The predicted molar refractivity (Wildman–Crippen MR) is 105 cm³/mol. The van der Waals surface area contributed by atoms with Crippen LogP contribution in [-0.2, 0) is 14.6 Å². The molecule has 0 aromatic heterocycles. The SMILES string of the molecule is CC(c1ccc(S(C)(=O)=O)cc1)N(C)CC(=O)NCCC1=CCCCC1. The average molecular weight is 379 g/mol. The summed E-state index contributed by atoms with van der Waals surface area (Å²) >= 11 is 0. The van der Waals surface area contributed by atoms with Crippen LogP contribution in [0.15, 0.2) is 40.8 Å². The number of hydrogen-bond acceptors (Lipinski definition) is 4. The Kier molecular flexibility index (Phi) is 7.41. The van der Waals surface area contributed by atoms with Crippen LogP contribution in [0.2, 0.25) is 0 Å². The second-order valence-corrected chi connectivity index (χ2v) is 9.16. The standard InChI is InChI=1S/C20H30N2O3S/c1-16(18-9-11-19(12-10-18)26(3,24)25)22(2)15-20(23)21-14-13-17-7-5-4-6-8-17/h7,9-12,16H,4-6,8,13-15H2,1-3H3,(H,21,23). The van der Waals surface area contributed by atoms with E-state index in [9.17, 15) is 13.2 Å². The van der Waals surface area contributed by atoms with Gasteiger partial charge in [0, 0.05) is 18.8 Å². The molecule has 0 bridgehead atoms. The Balaban J connectivity index is 1.81. The molecule has 0 saturated heterocycles. The van der Waals surface area contributed by atoms with E-state index >= 15 is 0 Å². The number of allylic oxidation sites excluding steroid dienone is 1. The van der Waals surface area contributed by atoms with E-state index in [2.05, 4.69) is 11.4 Å². The summed E-state index contributed by atoms with van der Waals surface area (Å²) in [6, 6.07) is 6.88. The molecule has 0 spiro atoms. The molecule has 1 aromatic carbocycles. The van der Waals surface area contributed by atoms with Crippen LogP contribution in [0.4, 0.5) is 0 Å². The Morgan fingerprint density at radius 3 is 2.50 bits per heavy atom. The van der Waals surface area contributed by atoms with Crippen molar-refractivity contribution in [2.45, 2.75) is 50.0 Å². The van der Waals surface area contributed by atoms with Crippen molar-refractivity contribution in [3.05, 3.63) is 41.5 Å². The lowest BCUT2D eigenvalue weighted by Gasteiger charge is -2.24.